The van der Waals surface area contributed by atoms with Crippen LogP contribution in [0.2, 0.25) is 0 Å². The zero-order valence-corrected chi connectivity index (χ0v) is 20.5. The number of ether oxygens (including phenoxy) is 1. The number of anilines is 1. The van der Waals surface area contributed by atoms with Gasteiger partial charge in [-0.15, -0.1) is 0 Å². The van der Waals surface area contributed by atoms with Gasteiger partial charge in [-0.05, 0) is 63.7 Å². The molecule has 4 rings (SSSR count). The van der Waals surface area contributed by atoms with Crippen LogP contribution in [0.15, 0.2) is 41.7 Å². The summed E-state index contributed by atoms with van der Waals surface area (Å²) in [5.74, 6) is 0.722. The molecule has 1 fully saturated rings. The Bertz CT molecular complexity index is 1340. The van der Waals surface area contributed by atoms with Gasteiger partial charge in [0, 0.05) is 18.5 Å². The van der Waals surface area contributed by atoms with E-state index in [1.54, 1.807) is 25.3 Å². The van der Waals surface area contributed by atoms with E-state index in [2.05, 4.69) is 31.7 Å². The van der Waals surface area contributed by atoms with E-state index in [9.17, 15) is 8.42 Å². The van der Waals surface area contributed by atoms with Crippen molar-refractivity contribution in [2.24, 2.45) is 0 Å². The number of benzene rings is 1. The van der Waals surface area contributed by atoms with Crippen molar-refractivity contribution in [1.29, 1.82) is 5.26 Å². The molecule has 0 saturated carbocycles. The molecule has 1 aliphatic rings. The highest BCUT2D eigenvalue weighted by atomic mass is 32.2. The van der Waals surface area contributed by atoms with Crippen molar-refractivity contribution in [3.63, 3.8) is 0 Å². The number of nitrogens with two attached hydrogens (primary N) is 1. The van der Waals surface area contributed by atoms with Crippen LogP contribution >= 0.6 is 0 Å². The van der Waals surface area contributed by atoms with Crippen molar-refractivity contribution >= 4 is 15.8 Å². The fourth-order valence-electron chi connectivity index (χ4n) is 3.92. The standard InChI is InChI=1S/C23H28N8O3S/c1-16-10-17(12-20(11-16)35(32,33)28-7-3-6-24)21-14-26-22(25)23(29-21)34-19-13-27-31(15-19)18-4-8-30(2)9-5-18/h10-15,18,28H,3-5,7-9H2,1-2H3,(H2,25,26). The van der Waals surface area contributed by atoms with Gasteiger partial charge >= 0.3 is 0 Å². The van der Waals surface area contributed by atoms with Crippen LogP contribution in [0.5, 0.6) is 11.6 Å². The summed E-state index contributed by atoms with van der Waals surface area (Å²) in [6, 6.07) is 7.09. The summed E-state index contributed by atoms with van der Waals surface area (Å²) in [5.41, 5.74) is 7.70. The van der Waals surface area contributed by atoms with E-state index in [1.807, 2.05) is 16.9 Å². The lowest BCUT2D eigenvalue weighted by Crippen LogP contribution is -2.31. The lowest BCUT2D eigenvalue weighted by atomic mass is 10.1. The molecule has 35 heavy (non-hydrogen) atoms. The third kappa shape index (κ3) is 5.94. The van der Waals surface area contributed by atoms with Gasteiger partial charge in [0.05, 0.1) is 41.3 Å². The molecule has 1 aromatic carbocycles. The van der Waals surface area contributed by atoms with Crippen molar-refractivity contribution in [3.05, 3.63) is 42.4 Å². The molecule has 0 spiro atoms. The van der Waals surface area contributed by atoms with Crippen molar-refractivity contribution in [2.45, 2.75) is 37.1 Å². The number of nitrogen functional groups attached to an aromatic ring is 1. The second kappa shape index (κ2) is 10.4. The number of aryl methyl sites for hydroxylation is 1. The monoisotopic (exact) mass is 496 g/mol. The van der Waals surface area contributed by atoms with Crippen LogP contribution in [0.3, 0.4) is 0 Å². The van der Waals surface area contributed by atoms with Gasteiger partial charge in [0.2, 0.25) is 10.0 Å². The van der Waals surface area contributed by atoms with Crippen molar-refractivity contribution < 1.29 is 13.2 Å². The Balaban J connectivity index is 1.56. The summed E-state index contributed by atoms with van der Waals surface area (Å²) in [4.78, 5) is 11.1. The second-order valence-electron chi connectivity index (χ2n) is 8.58. The molecule has 3 N–H and O–H groups in total. The maximum atomic E-state index is 12.6. The number of nitrogens with zero attached hydrogens (tertiary/aromatic N) is 6. The first-order valence-electron chi connectivity index (χ1n) is 11.3. The highest BCUT2D eigenvalue weighted by molar-refractivity contribution is 7.89. The quantitative estimate of drug-likeness (QED) is 0.448. The van der Waals surface area contributed by atoms with Crippen molar-refractivity contribution in [2.75, 3.05) is 32.4 Å². The minimum atomic E-state index is -3.78. The molecule has 0 atom stereocenters. The molecule has 1 saturated heterocycles. The average molecular weight is 497 g/mol. The molecule has 1 aliphatic heterocycles. The van der Waals surface area contributed by atoms with Crippen LogP contribution in [-0.4, -0.2) is 59.7 Å². The van der Waals surface area contributed by atoms with Crippen LogP contribution in [0, 0.1) is 18.3 Å². The number of piperidine rings is 1. The summed E-state index contributed by atoms with van der Waals surface area (Å²) < 4.78 is 35.5. The fraction of sp³-hybridized carbons (Fsp3) is 0.391. The maximum absolute atomic E-state index is 12.6. The first-order valence-corrected chi connectivity index (χ1v) is 12.8. The molecule has 184 valence electrons. The van der Waals surface area contributed by atoms with Crippen molar-refractivity contribution in [1.82, 2.24) is 29.4 Å². The van der Waals surface area contributed by atoms with Crippen LogP contribution in [0.4, 0.5) is 5.82 Å². The van der Waals surface area contributed by atoms with E-state index in [0.717, 1.165) is 31.5 Å². The first-order chi connectivity index (χ1) is 16.7. The average Bonchev–Trinajstić information content (AvgIpc) is 3.29. The molecule has 0 radical (unpaired) electrons. The minimum absolute atomic E-state index is 0.0347. The number of hydrogen-bond acceptors (Lipinski definition) is 9. The summed E-state index contributed by atoms with van der Waals surface area (Å²) in [7, 11) is -1.67. The molecule has 11 nitrogen and oxygen atoms in total. The zero-order chi connectivity index (χ0) is 25.0. The Kier molecular flexibility index (Phi) is 7.30. The van der Waals surface area contributed by atoms with Gasteiger partial charge < -0.3 is 15.4 Å². The largest absolute Gasteiger partial charge is 0.433 e. The smallest absolute Gasteiger partial charge is 0.263 e. The SMILES string of the molecule is Cc1cc(-c2cnc(N)c(Oc3cnn(C4CCN(C)CC4)c3)n2)cc(S(=O)(=O)NCCC#N)c1. The van der Waals surface area contributed by atoms with E-state index in [-0.39, 0.29) is 29.6 Å². The third-order valence-electron chi connectivity index (χ3n) is 5.81. The van der Waals surface area contributed by atoms with E-state index in [4.69, 9.17) is 15.7 Å². The predicted molar refractivity (Wildman–Crippen MR) is 130 cm³/mol. The van der Waals surface area contributed by atoms with E-state index >= 15 is 0 Å². The number of rotatable bonds is 8. The zero-order valence-electron chi connectivity index (χ0n) is 19.7. The van der Waals surface area contributed by atoms with Gasteiger partial charge in [-0.2, -0.15) is 10.4 Å². The van der Waals surface area contributed by atoms with E-state index < -0.39 is 10.0 Å². The molecule has 2 aromatic heterocycles. The lowest BCUT2D eigenvalue weighted by molar-refractivity contribution is 0.212. The highest BCUT2D eigenvalue weighted by Crippen LogP contribution is 2.30. The van der Waals surface area contributed by atoms with Crippen LogP contribution in [0.25, 0.3) is 11.3 Å². The number of nitrogens with one attached hydrogen (secondary N) is 1. The molecule has 0 aliphatic carbocycles. The number of hydrogen-bond donors (Lipinski definition) is 2. The Morgan fingerprint density at radius 3 is 2.77 bits per heavy atom. The fourth-order valence-corrected chi connectivity index (χ4v) is 5.08. The number of likely N-dealkylation sites (tertiary alicyclic amines) is 1. The summed E-state index contributed by atoms with van der Waals surface area (Å²) in [6.45, 7) is 3.86. The Morgan fingerprint density at radius 1 is 1.26 bits per heavy atom. The normalized spacial score (nSPS) is 15.1. The van der Waals surface area contributed by atoms with Gasteiger partial charge in [-0.25, -0.2) is 23.1 Å². The number of aromatic nitrogens is 4. The predicted octanol–water partition coefficient (Wildman–Crippen LogP) is 2.48. The second-order valence-corrected chi connectivity index (χ2v) is 10.3. The molecule has 12 heteroatoms. The van der Waals surface area contributed by atoms with Crippen LogP contribution < -0.4 is 15.2 Å². The molecular formula is C23H28N8O3S. The third-order valence-corrected chi connectivity index (χ3v) is 7.25. The van der Waals surface area contributed by atoms with Gasteiger partial charge in [0.15, 0.2) is 11.6 Å². The van der Waals surface area contributed by atoms with E-state index in [1.165, 1.54) is 12.3 Å². The van der Waals surface area contributed by atoms with Crippen LogP contribution in [-0.2, 0) is 10.0 Å². The first kappa shape index (κ1) is 24.6. The molecular weight excluding hydrogens is 468 g/mol. The molecule has 3 aromatic rings. The van der Waals surface area contributed by atoms with Gasteiger partial charge in [0.1, 0.15) is 0 Å². The van der Waals surface area contributed by atoms with Gasteiger partial charge in [-0.3, -0.25) is 4.68 Å². The van der Waals surface area contributed by atoms with Crippen LogP contribution in [0.1, 0.15) is 30.9 Å². The van der Waals surface area contributed by atoms with Gasteiger partial charge in [0.25, 0.3) is 5.88 Å². The highest BCUT2D eigenvalue weighted by Gasteiger charge is 2.20. The molecule has 0 amide bonds. The summed E-state index contributed by atoms with van der Waals surface area (Å²) >= 11 is 0. The lowest BCUT2D eigenvalue weighted by Gasteiger charge is -2.28. The van der Waals surface area contributed by atoms with E-state index in [0.29, 0.717) is 23.0 Å². The number of sulfonamides is 1. The molecule has 0 bridgehead atoms. The minimum Gasteiger partial charge on any atom is -0.433 e. The Labute approximate surface area is 204 Å². The molecule has 3 heterocycles. The topological polar surface area (TPSA) is 152 Å². The number of nitriles is 1. The maximum Gasteiger partial charge on any atom is 0.263 e. The Morgan fingerprint density at radius 2 is 2.03 bits per heavy atom. The van der Waals surface area contributed by atoms with Crippen molar-refractivity contribution in [3.8, 4) is 29.0 Å². The summed E-state index contributed by atoms with van der Waals surface area (Å²) in [5, 5.41) is 13.1. The Hall–Kier alpha value is -3.53. The summed E-state index contributed by atoms with van der Waals surface area (Å²) in [6.07, 6.45) is 7.03. The van der Waals surface area contributed by atoms with Gasteiger partial charge in [-0.1, -0.05) is 0 Å². The molecule has 0 unspecified atom stereocenters.